The van der Waals surface area contributed by atoms with Crippen LogP contribution in [0.4, 0.5) is 0 Å². The van der Waals surface area contributed by atoms with Gasteiger partial charge < -0.3 is 0 Å². The maximum absolute atomic E-state index is 4.67. The average molecular weight is 275 g/mol. The standard InChI is InChI=1S/C15H21N3S/c1-11(2)14-10-19-15(17-14)9-18(4)8-13-12(3)6-5-7-16-13/h5-7,10-11H,8-9H2,1-4H3. The first-order chi connectivity index (χ1) is 9.06. The molecule has 2 aromatic rings. The van der Waals surface area contributed by atoms with Crippen molar-refractivity contribution in [2.75, 3.05) is 7.05 Å². The van der Waals surface area contributed by atoms with E-state index < -0.39 is 0 Å². The lowest BCUT2D eigenvalue weighted by atomic mass is 10.2. The molecule has 2 rings (SSSR count). The molecule has 0 atom stereocenters. The molecular formula is C15H21N3S. The first-order valence-corrected chi connectivity index (χ1v) is 7.47. The summed E-state index contributed by atoms with van der Waals surface area (Å²) in [6, 6.07) is 4.09. The van der Waals surface area contributed by atoms with E-state index in [1.807, 2.05) is 12.3 Å². The predicted octanol–water partition coefficient (Wildman–Crippen LogP) is 3.60. The molecule has 4 heteroatoms. The Hall–Kier alpha value is -1.26. The van der Waals surface area contributed by atoms with E-state index >= 15 is 0 Å². The third kappa shape index (κ3) is 3.85. The van der Waals surface area contributed by atoms with Crippen molar-refractivity contribution in [1.29, 1.82) is 0 Å². The zero-order valence-corrected chi connectivity index (χ0v) is 12.9. The van der Waals surface area contributed by atoms with Crippen LogP contribution in [0.3, 0.4) is 0 Å². The summed E-state index contributed by atoms with van der Waals surface area (Å²) in [6.07, 6.45) is 1.86. The Balaban J connectivity index is 1.97. The molecule has 0 aliphatic rings. The van der Waals surface area contributed by atoms with E-state index in [1.54, 1.807) is 11.3 Å². The molecular weight excluding hydrogens is 254 g/mol. The first kappa shape index (κ1) is 14.2. The van der Waals surface area contributed by atoms with Gasteiger partial charge in [0.25, 0.3) is 0 Å². The van der Waals surface area contributed by atoms with Gasteiger partial charge in [0.2, 0.25) is 0 Å². The fraction of sp³-hybridized carbons (Fsp3) is 0.467. The van der Waals surface area contributed by atoms with Crippen molar-refractivity contribution in [3.05, 3.63) is 45.7 Å². The van der Waals surface area contributed by atoms with Crippen molar-refractivity contribution in [2.45, 2.75) is 39.8 Å². The second kappa shape index (κ2) is 6.26. The zero-order chi connectivity index (χ0) is 13.8. The van der Waals surface area contributed by atoms with Crippen molar-refractivity contribution in [3.8, 4) is 0 Å². The number of hydrogen-bond acceptors (Lipinski definition) is 4. The summed E-state index contributed by atoms with van der Waals surface area (Å²) in [7, 11) is 2.12. The van der Waals surface area contributed by atoms with Gasteiger partial charge in [-0.15, -0.1) is 11.3 Å². The number of pyridine rings is 1. The van der Waals surface area contributed by atoms with E-state index in [0.29, 0.717) is 5.92 Å². The zero-order valence-electron chi connectivity index (χ0n) is 12.1. The van der Waals surface area contributed by atoms with Gasteiger partial charge in [-0.25, -0.2) is 4.98 Å². The summed E-state index contributed by atoms with van der Waals surface area (Å²) < 4.78 is 0. The van der Waals surface area contributed by atoms with E-state index in [1.165, 1.54) is 16.3 Å². The molecule has 0 unspecified atom stereocenters. The van der Waals surface area contributed by atoms with E-state index in [4.69, 9.17) is 0 Å². The number of hydrogen-bond donors (Lipinski definition) is 0. The van der Waals surface area contributed by atoms with Gasteiger partial charge in [0.1, 0.15) is 5.01 Å². The third-order valence-corrected chi connectivity index (χ3v) is 3.96. The van der Waals surface area contributed by atoms with Crippen LogP contribution in [0.2, 0.25) is 0 Å². The molecule has 2 aromatic heterocycles. The van der Waals surface area contributed by atoms with Crippen molar-refractivity contribution >= 4 is 11.3 Å². The molecule has 0 saturated carbocycles. The van der Waals surface area contributed by atoms with E-state index in [9.17, 15) is 0 Å². The molecule has 0 saturated heterocycles. The second-order valence-corrected chi connectivity index (χ2v) is 6.20. The predicted molar refractivity (Wildman–Crippen MR) is 80.3 cm³/mol. The molecule has 0 N–H and O–H groups in total. The summed E-state index contributed by atoms with van der Waals surface area (Å²) in [4.78, 5) is 11.4. The van der Waals surface area contributed by atoms with Gasteiger partial charge in [0.05, 0.1) is 17.9 Å². The normalized spacial score (nSPS) is 11.5. The Morgan fingerprint density at radius 2 is 2.11 bits per heavy atom. The molecule has 3 nitrogen and oxygen atoms in total. The van der Waals surface area contributed by atoms with Crippen LogP contribution in [-0.4, -0.2) is 21.9 Å². The Morgan fingerprint density at radius 1 is 1.32 bits per heavy atom. The van der Waals surface area contributed by atoms with Gasteiger partial charge in [-0.2, -0.15) is 0 Å². The molecule has 0 aliphatic carbocycles. The second-order valence-electron chi connectivity index (χ2n) is 5.26. The van der Waals surface area contributed by atoms with E-state index in [-0.39, 0.29) is 0 Å². The largest absolute Gasteiger partial charge is 0.294 e. The molecule has 0 aliphatic heterocycles. The van der Waals surface area contributed by atoms with Crippen LogP contribution in [0, 0.1) is 6.92 Å². The van der Waals surface area contributed by atoms with Crippen molar-refractivity contribution in [2.24, 2.45) is 0 Å². The number of aromatic nitrogens is 2. The van der Waals surface area contributed by atoms with Crippen LogP contribution in [0.5, 0.6) is 0 Å². The maximum Gasteiger partial charge on any atom is 0.107 e. The van der Waals surface area contributed by atoms with Crippen molar-refractivity contribution in [3.63, 3.8) is 0 Å². The van der Waals surface area contributed by atoms with Crippen LogP contribution in [0.25, 0.3) is 0 Å². The Labute approximate surface area is 119 Å². The lowest BCUT2D eigenvalue weighted by Crippen LogP contribution is -2.18. The van der Waals surface area contributed by atoms with Crippen LogP contribution < -0.4 is 0 Å². The third-order valence-electron chi connectivity index (χ3n) is 3.10. The highest BCUT2D eigenvalue weighted by molar-refractivity contribution is 7.09. The summed E-state index contributed by atoms with van der Waals surface area (Å²) in [5.74, 6) is 0.508. The Kier molecular flexibility index (Phi) is 4.66. The fourth-order valence-electron chi connectivity index (χ4n) is 1.89. The van der Waals surface area contributed by atoms with Gasteiger partial charge in [0, 0.05) is 18.1 Å². The van der Waals surface area contributed by atoms with E-state index in [0.717, 1.165) is 18.8 Å². The fourth-order valence-corrected chi connectivity index (χ4v) is 2.92. The van der Waals surface area contributed by atoms with Gasteiger partial charge in [0.15, 0.2) is 0 Å². The van der Waals surface area contributed by atoms with Gasteiger partial charge in [-0.1, -0.05) is 19.9 Å². The lowest BCUT2D eigenvalue weighted by molar-refractivity contribution is 0.313. The summed E-state index contributed by atoms with van der Waals surface area (Å²) >= 11 is 1.75. The number of aryl methyl sites for hydroxylation is 1. The molecule has 102 valence electrons. The molecule has 2 heterocycles. The van der Waals surface area contributed by atoms with Crippen LogP contribution in [0.15, 0.2) is 23.7 Å². The Bertz CT molecular complexity index is 534. The monoisotopic (exact) mass is 275 g/mol. The highest BCUT2D eigenvalue weighted by Gasteiger charge is 2.09. The number of nitrogens with zero attached hydrogens (tertiary/aromatic N) is 3. The lowest BCUT2D eigenvalue weighted by Gasteiger charge is -2.15. The topological polar surface area (TPSA) is 29.0 Å². The highest BCUT2D eigenvalue weighted by atomic mass is 32.1. The molecule has 0 spiro atoms. The average Bonchev–Trinajstić information content (AvgIpc) is 2.80. The first-order valence-electron chi connectivity index (χ1n) is 6.59. The van der Waals surface area contributed by atoms with E-state index in [2.05, 4.69) is 54.1 Å². The number of rotatable bonds is 5. The minimum Gasteiger partial charge on any atom is -0.294 e. The van der Waals surface area contributed by atoms with Gasteiger partial charge in [-0.05, 0) is 31.5 Å². The minimum atomic E-state index is 0.508. The molecule has 0 bridgehead atoms. The molecule has 0 aromatic carbocycles. The summed E-state index contributed by atoms with van der Waals surface area (Å²) in [5.41, 5.74) is 3.59. The van der Waals surface area contributed by atoms with Gasteiger partial charge in [-0.3, -0.25) is 9.88 Å². The molecule has 0 amide bonds. The SMILES string of the molecule is Cc1cccnc1CN(C)Cc1nc(C(C)C)cs1. The summed E-state index contributed by atoms with van der Waals surface area (Å²) in [6.45, 7) is 8.21. The van der Waals surface area contributed by atoms with Gasteiger partial charge >= 0.3 is 0 Å². The van der Waals surface area contributed by atoms with Crippen LogP contribution >= 0.6 is 11.3 Å². The van der Waals surface area contributed by atoms with Crippen molar-refractivity contribution < 1.29 is 0 Å². The Morgan fingerprint density at radius 3 is 2.74 bits per heavy atom. The van der Waals surface area contributed by atoms with Crippen LogP contribution in [-0.2, 0) is 13.1 Å². The van der Waals surface area contributed by atoms with Crippen molar-refractivity contribution in [1.82, 2.24) is 14.9 Å². The minimum absolute atomic E-state index is 0.508. The molecule has 0 radical (unpaired) electrons. The van der Waals surface area contributed by atoms with Crippen LogP contribution in [0.1, 0.15) is 41.7 Å². The quantitative estimate of drug-likeness (QED) is 0.835. The molecule has 0 fully saturated rings. The maximum atomic E-state index is 4.67. The smallest absolute Gasteiger partial charge is 0.107 e. The highest BCUT2D eigenvalue weighted by Crippen LogP contribution is 2.19. The summed E-state index contributed by atoms with van der Waals surface area (Å²) in [5, 5.41) is 3.35. The number of thiazole rings is 1. The molecule has 19 heavy (non-hydrogen) atoms.